The topological polar surface area (TPSA) is 114 Å². The van der Waals surface area contributed by atoms with Crippen LogP contribution in [0.5, 0.6) is 5.88 Å². The third-order valence-corrected chi connectivity index (χ3v) is 11.8. The van der Waals surface area contributed by atoms with Crippen LogP contribution in [-0.4, -0.2) is 51.1 Å². The number of rotatable bonds is 9. The summed E-state index contributed by atoms with van der Waals surface area (Å²) in [6.07, 6.45) is 10.5. The first-order valence-corrected chi connectivity index (χ1v) is 16.4. The van der Waals surface area contributed by atoms with Crippen molar-refractivity contribution in [2.45, 2.75) is 98.0 Å². The summed E-state index contributed by atoms with van der Waals surface area (Å²) in [5.74, 6) is 1.12. The Balaban J connectivity index is 1.05. The lowest BCUT2D eigenvalue weighted by molar-refractivity contribution is -0.137. The maximum absolute atomic E-state index is 13.6. The lowest BCUT2D eigenvalue weighted by atomic mass is 9.52. The fourth-order valence-electron chi connectivity index (χ4n) is 7.86. The second kappa shape index (κ2) is 10.6. The van der Waals surface area contributed by atoms with E-state index in [4.69, 9.17) is 32.5 Å². The number of amides is 2. The summed E-state index contributed by atoms with van der Waals surface area (Å²) >= 11 is 13.8. The van der Waals surface area contributed by atoms with Gasteiger partial charge in [0, 0.05) is 16.3 Å². The number of ether oxygens (including phenoxy) is 1. The average molecular weight is 621 g/mol. The molecule has 6 fully saturated rings. The Hall–Kier alpha value is -1.94. The highest BCUT2D eigenvalue weighted by Crippen LogP contribution is 2.56. The second-order valence-corrected chi connectivity index (χ2v) is 15.2. The van der Waals surface area contributed by atoms with E-state index in [2.05, 4.69) is 15.8 Å². The Bertz CT molecular complexity index is 1340. The van der Waals surface area contributed by atoms with Gasteiger partial charge in [-0.3, -0.25) is 9.59 Å². The maximum Gasteiger partial charge on any atom is 0.291 e. The molecule has 3 N–H and O–H groups in total. The monoisotopic (exact) mass is 619 g/mol. The molecule has 6 saturated carbocycles. The van der Waals surface area contributed by atoms with Crippen molar-refractivity contribution >= 4 is 46.8 Å². The molecule has 6 aliphatic rings. The van der Waals surface area contributed by atoms with Gasteiger partial charge in [0.25, 0.3) is 17.7 Å². The highest BCUT2D eigenvalue weighted by molar-refractivity contribution is 8.00. The van der Waals surface area contributed by atoms with Crippen molar-refractivity contribution in [3.63, 3.8) is 0 Å². The number of carbonyl (C=O) groups is 2. The number of carbonyl (C=O) groups excluding carboxylic acids is 2. The Labute approximate surface area is 253 Å². The van der Waals surface area contributed by atoms with Crippen LogP contribution in [0.2, 0.25) is 10.0 Å². The van der Waals surface area contributed by atoms with Gasteiger partial charge in [0.15, 0.2) is 0 Å². The standard InChI is InChI=1S/C30H35Cl2N3O5S/c31-19-5-6-21(22(32)11-19)26(36)34-29(7-8-29)15-39-28-25(41-20-3-1-2-4-20)24(40-35-28)27(37)33-23-17-9-16-10-18(23)14-30(38,12-16)13-17/h5-6,11,16-18,20,23,38H,1-4,7-10,12-15H2,(H,33,37)(H,34,36)/t16?,17-,18+,23?,30?. The number of aromatic nitrogens is 1. The van der Waals surface area contributed by atoms with Crippen LogP contribution in [-0.2, 0) is 0 Å². The van der Waals surface area contributed by atoms with E-state index in [1.807, 2.05) is 0 Å². The molecule has 0 aliphatic heterocycles. The van der Waals surface area contributed by atoms with Gasteiger partial charge >= 0.3 is 0 Å². The number of hydrogen-bond donors (Lipinski definition) is 3. The van der Waals surface area contributed by atoms with E-state index in [1.165, 1.54) is 12.8 Å². The molecule has 4 bridgehead atoms. The smallest absolute Gasteiger partial charge is 0.291 e. The average Bonchev–Trinajstić information content (AvgIpc) is 3.28. The molecule has 0 spiro atoms. The molecule has 220 valence electrons. The first-order valence-electron chi connectivity index (χ1n) is 14.8. The van der Waals surface area contributed by atoms with Crippen molar-refractivity contribution < 1.29 is 24.0 Å². The molecule has 6 aliphatic carbocycles. The lowest BCUT2D eigenvalue weighted by Gasteiger charge is -2.58. The molecule has 8 rings (SSSR count). The minimum absolute atomic E-state index is 0.0442. The number of hydrogen-bond acceptors (Lipinski definition) is 7. The van der Waals surface area contributed by atoms with Crippen molar-refractivity contribution in [2.24, 2.45) is 17.8 Å². The summed E-state index contributed by atoms with van der Waals surface area (Å²) in [5.41, 5.74) is -0.726. The summed E-state index contributed by atoms with van der Waals surface area (Å²) < 4.78 is 11.9. The van der Waals surface area contributed by atoms with E-state index in [0.29, 0.717) is 49.4 Å². The molecule has 0 radical (unpaired) electrons. The molecule has 1 aromatic heterocycles. The quantitative estimate of drug-likeness (QED) is 0.314. The second-order valence-electron chi connectivity index (χ2n) is 13.0. The zero-order valence-electron chi connectivity index (χ0n) is 22.8. The maximum atomic E-state index is 13.6. The van der Waals surface area contributed by atoms with E-state index >= 15 is 0 Å². The molecule has 2 aromatic rings. The number of benzene rings is 1. The molecular weight excluding hydrogens is 585 g/mol. The predicted molar refractivity (Wildman–Crippen MR) is 156 cm³/mol. The number of aliphatic hydroxyl groups is 1. The van der Waals surface area contributed by atoms with E-state index < -0.39 is 11.1 Å². The molecule has 1 aromatic carbocycles. The van der Waals surface area contributed by atoms with Gasteiger partial charge in [-0.1, -0.05) is 36.0 Å². The molecule has 11 heteroatoms. The first kappa shape index (κ1) is 27.9. The van der Waals surface area contributed by atoms with Gasteiger partial charge < -0.3 is 25.0 Å². The van der Waals surface area contributed by atoms with Crippen molar-refractivity contribution in [3.05, 3.63) is 39.6 Å². The minimum Gasteiger partial charge on any atom is -0.472 e. The van der Waals surface area contributed by atoms with E-state index in [0.717, 1.165) is 57.8 Å². The molecule has 2 amide bonds. The van der Waals surface area contributed by atoms with Gasteiger partial charge in [-0.2, -0.15) is 0 Å². The van der Waals surface area contributed by atoms with Crippen LogP contribution < -0.4 is 15.4 Å². The van der Waals surface area contributed by atoms with Crippen LogP contribution in [0.1, 0.15) is 91.5 Å². The molecule has 0 saturated heterocycles. The summed E-state index contributed by atoms with van der Waals surface area (Å²) in [7, 11) is 0. The Morgan fingerprint density at radius 1 is 1.10 bits per heavy atom. The first-order chi connectivity index (χ1) is 19.7. The molecule has 3 unspecified atom stereocenters. The van der Waals surface area contributed by atoms with E-state index in [-0.39, 0.29) is 30.2 Å². The summed E-state index contributed by atoms with van der Waals surface area (Å²) in [6.45, 7) is 0.211. The zero-order chi connectivity index (χ0) is 28.4. The van der Waals surface area contributed by atoms with Gasteiger partial charge in [-0.05, 0) is 98.9 Å². The lowest BCUT2D eigenvalue weighted by Crippen LogP contribution is -2.61. The fraction of sp³-hybridized carbons (Fsp3) is 0.633. The van der Waals surface area contributed by atoms with Gasteiger partial charge in [0.2, 0.25) is 5.76 Å². The van der Waals surface area contributed by atoms with E-state index in [1.54, 1.807) is 30.0 Å². The molecule has 41 heavy (non-hydrogen) atoms. The van der Waals surface area contributed by atoms with Gasteiger partial charge in [0.1, 0.15) is 11.5 Å². The molecular formula is C30H35Cl2N3O5S. The summed E-state index contributed by atoms with van der Waals surface area (Å²) in [4.78, 5) is 27.2. The Morgan fingerprint density at radius 3 is 2.49 bits per heavy atom. The number of thioether (sulfide) groups is 1. The van der Waals surface area contributed by atoms with Crippen molar-refractivity contribution in [2.75, 3.05) is 6.61 Å². The number of halogens is 2. The molecule has 8 nitrogen and oxygen atoms in total. The summed E-state index contributed by atoms with van der Waals surface area (Å²) in [5, 5.41) is 22.6. The van der Waals surface area contributed by atoms with Crippen LogP contribution in [0.25, 0.3) is 0 Å². The number of nitrogens with zero attached hydrogens (tertiary/aromatic N) is 1. The van der Waals surface area contributed by atoms with Crippen molar-refractivity contribution in [3.8, 4) is 5.88 Å². The van der Waals surface area contributed by atoms with Crippen LogP contribution in [0.15, 0.2) is 27.6 Å². The Kier molecular flexibility index (Phi) is 7.24. The number of nitrogens with one attached hydrogen (secondary N) is 2. The van der Waals surface area contributed by atoms with Crippen LogP contribution in [0.3, 0.4) is 0 Å². The van der Waals surface area contributed by atoms with Gasteiger partial charge in [-0.15, -0.1) is 11.8 Å². The summed E-state index contributed by atoms with van der Waals surface area (Å²) in [6, 6.07) is 4.84. The third-order valence-electron chi connectivity index (χ3n) is 9.85. The molecule has 1 heterocycles. The molecule has 5 atom stereocenters. The normalized spacial score (nSPS) is 31.3. The Morgan fingerprint density at radius 2 is 1.83 bits per heavy atom. The highest BCUT2D eigenvalue weighted by atomic mass is 35.5. The van der Waals surface area contributed by atoms with E-state index in [9.17, 15) is 14.7 Å². The van der Waals surface area contributed by atoms with Gasteiger partial charge in [0.05, 0.1) is 21.7 Å². The highest BCUT2D eigenvalue weighted by Gasteiger charge is 2.55. The van der Waals surface area contributed by atoms with Crippen molar-refractivity contribution in [1.29, 1.82) is 0 Å². The third kappa shape index (κ3) is 5.59. The fourth-order valence-corrected chi connectivity index (χ4v) is 9.69. The predicted octanol–water partition coefficient (Wildman–Crippen LogP) is 6.03. The SMILES string of the molecule is O=C(NC1(COc2noc(C(=O)NC3[C@@H]4CC5C[C@H]3CC(O)(C5)C4)c2SC2CCCC2)CC1)c1ccc(Cl)cc1Cl. The minimum atomic E-state index is -0.554. The van der Waals surface area contributed by atoms with Gasteiger partial charge in [-0.25, -0.2) is 0 Å². The largest absolute Gasteiger partial charge is 0.472 e. The van der Waals surface area contributed by atoms with Crippen LogP contribution in [0, 0.1) is 17.8 Å². The van der Waals surface area contributed by atoms with Crippen LogP contribution in [0.4, 0.5) is 0 Å². The zero-order valence-corrected chi connectivity index (χ0v) is 25.1. The van der Waals surface area contributed by atoms with Crippen LogP contribution >= 0.6 is 35.0 Å². The van der Waals surface area contributed by atoms with Crippen molar-refractivity contribution in [1.82, 2.24) is 15.8 Å².